The third-order valence-electron chi connectivity index (χ3n) is 3.24. The molecular formula is C12H24N2O2. The van der Waals surface area contributed by atoms with E-state index in [2.05, 4.69) is 5.32 Å². The molecule has 0 saturated heterocycles. The van der Waals surface area contributed by atoms with Crippen LogP contribution in [-0.4, -0.2) is 29.7 Å². The predicted octanol–water partition coefficient (Wildman–Crippen LogP) is 0.639. The highest BCUT2D eigenvalue weighted by atomic mass is 16.3. The van der Waals surface area contributed by atoms with Crippen LogP contribution in [0.25, 0.3) is 0 Å². The monoisotopic (exact) mass is 228 g/mol. The molecule has 1 aliphatic carbocycles. The standard InChI is InChI=1S/C12H24N2O2/c1-12(2,16)8-14-11(15)10-6-4-3-5-9(10)7-13/h9-10,16H,3-8,13H2,1-2H3,(H,14,15). The molecule has 0 aliphatic heterocycles. The molecule has 0 aromatic carbocycles. The molecule has 2 atom stereocenters. The van der Waals surface area contributed by atoms with Crippen LogP contribution in [0.5, 0.6) is 0 Å². The van der Waals surface area contributed by atoms with Crippen molar-refractivity contribution in [2.75, 3.05) is 13.1 Å². The summed E-state index contributed by atoms with van der Waals surface area (Å²) in [5.41, 5.74) is 4.84. The van der Waals surface area contributed by atoms with Gasteiger partial charge in [0.15, 0.2) is 0 Å². The van der Waals surface area contributed by atoms with Gasteiger partial charge in [0, 0.05) is 12.5 Å². The smallest absolute Gasteiger partial charge is 0.223 e. The molecule has 0 aromatic heterocycles. The van der Waals surface area contributed by atoms with Crippen LogP contribution in [0.15, 0.2) is 0 Å². The summed E-state index contributed by atoms with van der Waals surface area (Å²) in [6, 6.07) is 0. The summed E-state index contributed by atoms with van der Waals surface area (Å²) in [6.07, 6.45) is 4.27. The summed E-state index contributed by atoms with van der Waals surface area (Å²) >= 11 is 0. The van der Waals surface area contributed by atoms with Crippen LogP contribution >= 0.6 is 0 Å². The Hall–Kier alpha value is -0.610. The molecule has 16 heavy (non-hydrogen) atoms. The maximum Gasteiger partial charge on any atom is 0.223 e. The van der Waals surface area contributed by atoms with E-state index in [4.69, 9.17) is 5.73 Å². The zero-order valence-corrected chi connectivity index (χ0v) is 10.3. The molecule has 1 rings (SSSR count). The number of hydrogen-bond donors (Lipinski definition) is 3. The second-order valence-corrected chi connectivity index (χ2v) is 5.42. The van der Waals surface area contributed by atoms with Gasteiger partial charge in [-0.1, -0.05) is 12.8 Å². The molecule has 0 heterocycles. The van der Waals surface area contributed by atoms with E-state index >= 15 is 0 Å². The lowest BCUT2D eigenvalue weighted by molar-refractivity contribution is -0.128. The number of nitrogens with one attached hydrogen (secondary N) is 1. The Balaban J connectivity index is 2.45. The average molecular weight is 228 g/mol. The fourth-order valence-electron chi connectivity index (χ4n) is 2.27. The number of hydrogen-bond acceptors (Lipinski definition) is 3. The Morgan fingerprint density at radius 2 is 2.06 bits per heavy atom. The molecule has 0 spiro atoms. The second kappa shape index (κ2) is 5.64. The number of rotatable bonds is 4. The number of nitrogens with two attached hydrogens (primary N) is 1. The highest BCUT2D eigenvalue weighted by molar-refractivity contribution is 5.79. The van der Waals surface area contributed by atoms with E-state index < -0.39 is 5.60 Å². The van der Waals surface area contributed by atoms with Crippen molar-refractivity contribution in [1.29, 1.82) is 0 Å². The van der Waals surface area contributed by atoms with E-state index in [0.29, 0.717) is 19.0 Å². The fraction of sp³-hybridized carbons (Fsp3) is 0.917. The molecule has 2 unspecified atom stereocenters. The zero-order chi connectivity index (χ0) is 12.2. The third-order valence-corrected chi connectivity index (χ3v) is 3.24. The van der Waals surface area contributed by atoms with Crippen molar-refractivity contribution in [2.45, 2.75) is 45.1 Å². The minimum Gasteiger partial charge on any atom is -0.389 e. The minimum absolute atomic E-state index is 0.0427. The molecular weight excluding hydrogens is 204 g/mol. The summed E-state index contributed by atoms with van der Waals surface area (Å²) in [5, 5.41) is 12.4. The minimum atomic E-state index is -0.845. The van der Waals surface area contributed by atoms with E-state index in [9.17, 15) is 9.90 Å². The van der Waals surface area contributed by atoms with Crippen molar-refractivity contribution in [3.05, 3.63) is 0 Å². The summed E-state index contributed by atoms with van der Waals surface area (Å²) in [7, 11) is 0. The van der Waals surface area contributed by atoms with Gasteiger partial charge < -0.3 is 16.2 Å². The number of amides is 1. The first-order chi connectivity index (χ1) is 7.44. The van der Waals surface area contributed by atoms with Crippen LogP contribution in [0.1, 0.15) is 39.5 Å². The van der Waals surface area contributed by atoms with Crippen molar-refractivity contribution < 1.29 is 9.90 Å². The molecule has 1 aliphatic rings. The number of carbonyl (C=O) groups is 1. The van der Waals surface area contributed by atoms with Crippen molar-refractivity contribution in [1.82, 2.24) is 5.32 Å². The summed E-state index contributed by atoms with van der Waals surface area (Å²) in [5.74, 6) is 0.411. The first-order valence-electron chi connectivity index (χ1n) is 6.14. The fourth-order valence-corrected chi connectivity index (χ4v) is 2.27. The lowest BCUT2D eigenvalue weighted by Crippen LogP contribution is -2.44. The van der Waals surface area contributed by atoms with Gasteiger partial charge in [-0.25, -0.2) is 0 Å². The molecule has 4 N–H and O–H groups in total. The van der Waals surface area contributed by atoms with Crippen molar-refractivity contribution in [2.24, 2.45) is 17.6 Å². The molecule has 4 heteroatoms. The van der Waals surface area contributed by atoms with Gasteiger partial charge in [0.05, 0.1) is 5.60 Å². The second-order valence-electron chi connectivity index (χ2n) is 5.42. The van der Waals surface area contributed by atoms with E-state index in [0.717, 1.165) is 19.3 Å². The van der Waals surface area contributed by atoms with Crippen LogP contribution < -0.4 is 11.1 Å². The average Bonchev–Trinajstić information content (AvgIpc) is 2.25. The topological polar surface area (TPSA) is 75.3 Å². The normalized spacial score (nSPS) is 26.5. The van der Waals surface area contributed by atoms with Gasteiger partial charge in [-0.05, 0) is 39.2 Å². The Morgan fingerprint density at radius 3 is 2.62 bits per heavy atom. The molecule has 1 fully saturated rings. The molecule has 0 bridgehead atoms. The van der Waals surface area contributed by atoms with Gasteiger partial charge in [-0.15, -0.1) is 0 Å². The zero-order valence-electron chi connectivity index (χ0n) is 10.3. The maximum atomic E-state index is 11.9. The van der Waals surface area contributed by atoms with E-state index in [1.807, 2.05) is 0 Å². The highest BCUT2D eigenvalue weighted by Crippen LogP contribution is 2.29. The molecule has 1 saturated carbocycles. The Bertz CT molecular complexity index is 236. The summed E-state index contributed by atoms with van der Waals surface area (Å²) in [6.45, 7) is 4.27. The maximum absolute atomic E-state index is 11.9. The molecule has 4 nitrogen and oxygen atoms in total. The Kier molecular flexibility index (Phi) is 4.74. The van der Waals surface area contributed by atoms with E-state index in [1.165, 1.54) is 6.42 Å². The van der Waals surface area contributed by atoms with Crippen molar-refractivity contribution in [3.63, 3.8) is 0 Å². The Labute approximate surface area is 97.6 Å². The van der Waals surface area contributed by atoms with Gasteiger partial charge >= 0.3 is 0 Å². The van der Waals surface area contributed by atoms with Crippen molar-refractivity contribution in [3.8, 4) is 0 Å². The largest absolute Gasteiger partial charge is 0.389 e. The first-order valence-corrected chi connectivity index (χ1v) is 6.14. The number of carbonyl (C=O) groups excluding carboxylic acids is 1. The van der Waals surface area contributed by atoms with E-state index in [1.54, 1.807) is 13.8 Å². The van der Waals surface area contributed by atoms with Crippen LogP contribution in [0.2, 0.25) is 0 Å². The van der Waals surface area contributed by atoms with E-state index in [-0.39, 0.29) is 11.8 Å². The van der Waals surface area contributed by atoms with Crippen LogP contribution in [0, 0.1) is 11.8 Å². The Morgan fingerprint density at radius 1 is 1.44 bits per heavy atom. The number of aliphatic hydroxyl groups is 1. The lowest BCUT2D eigenvalue weighted by atomic mass is 9.78. The van der Waals surface area contributed by atoms with Gasteiger partial charge in [0.1, 0.15) is 0 Å². The summed E-state index contributed by atoms with van der Waals surface area (Å²) in [4.78, 5) is 11.9. The molecule has 94 valence electrons. The molecule has 0 aromatic rings. The van der Waals surface area contributed by atoms with Gasteiger partial charge in [0.2, 0.25) is 5.91 Å². The predicted molar refractivity (Wildman–Crippen MR) is 63.8 cm³/mol. The molecule has 0 radical (unpaired) electrons. The quantitative estimate of drug-likeness (QED) is 0.661. The van der Waals surface area contributed by atoms with Crippen LogP contribution in [0.3, 0.4) is 0 Å². The first kappa shape index (κ1) is 13.5. The third kappa shape index (κ3) is 4.10. The van der Waals surface area contributed by atoms with Gasteiger partial charge in [-0.2, -0.15) is 0 Å². The van der Waals surface area contributed by atoms with Gasteiger partial charge in [-0.3, -0.25) is 4.79 Å². The van der Waals surface area contributed by atoms with Gasteiger partial charge in [0.25, 0.3) is 0 Å². The lowest BCUT2D eigenvalue weighted by Gasteiger charge is -2.30. The summed E-state index contributed by atoms with van der Waals surface area (Å²) < 4.78 is 0. The molecule has 1 amide bonds. The van der Waals surface area contributed by atoms with Crippen LogP contribution in [0.4, 0.5) is 0 Å². The SMILES string of the molecule is CC(C)(O)CNC(=O)C1CCCCC1CN. The van der Waals surface area contributed by atoms with Crippen LogP contribution in [-0.2, 0) is 4.79 Å². The highest BCUT2D eigenvalue weighted by Gasteiger charge is 2.30. The van der Waals surface area contributed by atoms with Crippen molar-refractivity contribution >= 4 is 5.91 Å².